The third kappa shape index (κ3) is 5.56. The monoisotopic (exact) mass is 199 g/mol. The van der Waals surface area contributed by atoms with Crippen LogP contribution in [0.5, 0.6) is 5.75 Å². The summed E-state index contributed by atoms with van der Waals surface area (Å²) < 4.78 is 0. The second-order valence-corrected chi connectivity index (χ2v) is 1.77. The van der Waals surface area contributed by atoms with Crippen LogP contribution >= 0.6 is 0 Å². The molecule has 1 aromatic rings. The molecule has 0 aliphatic heterocycles. The third-order valence-electron chi connectivity index (χ3n) is 1.06. The Morgan fingerprint density at radius 1 is 1.15 bits per heavy atom. The zero-order valence-corrected chi connectivity index (χ0v) is 6.02. The van der Waals surface area contributed by atoms with Gasteiger partial charge in [0.1, 0.15) is 5.75 Å². The number of nitro benzene ring substituents is 1. The van der Waals surface area contributed by atoms with Crippen molar-refractivity contribution in [2.75, 3.05) is 0 Å². The Bertz CT molecular complexity index is 250. The number of non-ortho nitro benzene ring substituents is 1. The topological polar surface area (TPSA) is 126 Å². The average Bonchev–Trinajstić information content (AvgIpc) is 1.88. The van der Waals surface area contributed by atoms with Crippen LogP contribution in [0.2, 0.25) is 0 Å². The van der Waals surface area contributed by atoms with Crippen LogP contribution in [0.25, 0.3) is 0 Å². The maximum atomic E-state index is 10.0. The fourth-order valence-electron chi connectivity index (χ4n) is 0.574. The van der Waals surface area contributed by atoms with Gasteiger partial charge in [-0.25, -0.2) is 0 Å². The zero-order chi connectivity index (χ0) is 7.56. The predicted molar refractivity (Wildman–Crippen MR) is 49.1 cm³/mol. The summed E-state index contributed by atoms with van der Waals surface area (Å²) in [5.41, 5.74) is -0.0159. The number of hydrogen-bond donors (Lipinski definition) is 1. The van der Waals surface area contributed by atoms with Crippen molar-refractivity contribution in [3.63, 3.8) is 0 Å². The van der Waals surface area contributed by atoms with Crippen molar-refractivity contribution in [3.05, 3.63) is 34.4 Å². The Morgan fingerprint density at radius 3 is 1.85 bits per heavy atom. The Morgan fingerprint density at radius 2 is 1.54 bits per heavy atom. The molecule has 0 radical (unpaired) electrons. The zero-order valence-electron chi connectivity index (χ0n) is 6.02. The number of benzene rings is 1. The number of phenolic OH excluding ortho intramolecular Hbond substituents is 1. The molecule has 0 atom stereocenters. The maximum absolute atomic E-state index is 10.0. The average molecular weight is 199 g/mol. The van der Waals surface area contributed by atoms with E-state index < -0.39 is 4.92 Å². The minimum absolute atomic E-state index is 0. The van der Waals surface area contributed by atoms with Crippen LogP contribution in [0.1, 0.15) is 0 Å². The van der Waals surface area contributed by atoms with Crippen LogP contribution in [-0.2, 0) is 0 Å². The quantitative estimate of drug-likeness (QED) is 0.354. The second kappa shape index (κ2) is 7.96. The molecule has 0 saturated carbocycles. The van der Waals surface area contributed by atoms with E-state index in [0.717, 1.165) is 0 Å². The summed E-state index contributed by atoms with van der Waals surface area (Å²) in [7, 11) is 0. The first-order valence-corrected chi connectivity index (χ1v) is 2.63. The van der Waals surface area contributed by atoms with Gasteiger partial charge in [0.2, 0.25) is 0 Å². The van der Waals surface area contributed by atoms with Crippen LogP contribution in [0, 0.1) is 10.1 Å². The van der Waals surface area contributed by atoms with E-state index in [-0.39, 0.29) is 51.9 Å². The van der Waals surface area contributed by atoms with Gasteiger partial charge in [0, 0.05) is 12.1 Å². The molecule has 0 saturated heterocycles. The van der Waals surface area contributed by atoms with Gasteiger partial charge in [-0.15, -0.1) is 0 Å². The van der Waals surface area contributed by atoms with Gasteiger partial charge in [0.25, 0.3) is 5.69 Å². The van der Waals surface area contributed by atoms with Crippen molar-refractivity contribution < 1.29 is 21.0 Å². The molecule has 1 aromatic carbocycles. The van der Waals surface area contributed by atoms with E-state index in [0.29, 0.717) is 0 Å². The summed E-state index contributed by atoms with van der Waals surface area (Å²) in [6.45, 7) is 0. The molecule has 1 rings (SSSR count). The van der Waals surface area contributed by atoms with Gasteiger partial charge in [-0.3, -0.25) is 10.1 Å². The molecule has 0 bridgehead atoms. The second-order valence-electron chi connectivity index (χ2n) is 1.77. The van der Waals surface area contributed by atoms with E-state index in [4.69, 9.17) is 5.11 Å². The number of phenols is 1. The van der Waals surface area contributed by atoms with E-state index >= 15 is 0 Å². The molecule has 5 N–H and O–H groups in total. The van der Waals surface area contributed by atoms with E-state index in [1.54, 1.807) is 0 Å². The first kappa shape index (κ1) is 18.2. The van der Waals surface area contributed by atoms with Crippen molar-refractivity contribution in [3.8, 4) is 5.75 Å². The Balaban J connectivity index is -0.000000333. The first-order valence-electron chi connectivity index (χ1n) is 2.63. The third-order valence-corrected chi connectivity index (χ3v) is 1.06. The van der Waals surface area contributed by atoms with Crippen LogP contribution in [0.15, 0.2) is 24.3 Å². The van der Waals surface area contributed by atoms with Gasteiger partial charge in [-0.05, 0) is 12.1 Å². The molecular formula is C6H10NNaO5. The number of nitro groups is 1. The molecule has 0 amide bonds. The summed E-state index contributed by atoms with van der Waals surface area (Å²) in [5.74, 6) is 0.0330. The fourth-order valence-corrected chi connectivity index (χ4v) is 0.574. The molecule has 0 fully saturated rings. The molecule has 0 aliphatic rings. The van der Waals surface area contributed by atoms with Crippen molar-refractivity contribution in [2.45, 2.75) is 0 Å². The molecule has 70 valence electrons. The minimum atomic E-state index is -0.514. The molecule has 0 aromatic heterocycles. The van der Waals surface area contributed by atoms with E-state index in [2.05, 4.69) is 0 Å². The fraction of sp³-hybridized carbons (Fsp3) is 0. The number of aromatic hydroxyl groups is 1. The Hall–Kier alpha value is -0.660. The van der Waals surface area contributed by atoms with Gasteiger partial charge < -0.3 is 16.1 Å². The molecule has 0 heterocycles. The van der Waals surface area contributed by atoms with Gasteiger partial charge in [-0.1, -0.05) is 0 Å². The molecule has 13 heavy (non-hydrogen) atoms. The summed E-state index contributed by atoms with van der Waals surface area (Å²) in [6.07, 6.45) is 0. The van der Waals surface area contributed by atoms with Gasteiger partial charge >= 0.3 is 29.6 Å². The number of hydrogen-bond acceptors (Lipinski definition) is 3. The summed E-state index contributed by atoms with van der Waals surface area (Å²) in [6, 6.07) is 5.04. The Kier molecular flexibility index (Phi) is 11.1. The number of rotatable bonds is 1. The van der Waals surface area contributed by atoms with Crippen LogP contribution in [-0.4, -0.2) is 50.5 Å². The first-order chi connectivity index (χ1) is 4.70. The van der Waals surface area contributed by atoms with Gasteiger partial charge in [-0.2, -0.15) is 0 Å². The molecule has 0 aliphatic carbocycles. The van der Waals surface area contributed by atoms with E-state index in [1.807, 2.05) is 0 Å². The van der Waals surface area contributed by atoms with Gasteiger partial charge in [0.15, 0.2) is 0 Å². The molecule has 0 unspecified atom stereocenters. The molecular weight excluding hydrogens is 189 g/mol. The summed E-state index contributed by atoms with van der Waals surface area (Å²) in [4.78, 5) is 9.52. The molecule has 0 spiro atoms. The predicted octanol–water partition coefficient (Wildman–Crippen LogP) is -0.998. The van der Waals surface area contributed by atoms with Crippen molar-refractivity contribution in [2.24, 2.45) is 0 Å². The van der Waals surface area contributed by atoms with Crippen molar-refractivity contribution in [1.29, 1.82) is 0 Å². The van der Waals surface area contributed by atoms with Crippen LogP contribution < -0.4 is 0 Å². The molecule has 6 nitrogen and oxygen atoms in total. The van der Waals surface area contributed by atoms with Gasteiger partial charge in [0.05, 0.1) is 4.92 Å². The van der Waals surface area contributed by atoms with Crippen molar-refractivity contribution in [1.82, 2.24) is 0 Å². The molecule has 7 heteroatoms. The standard InChI is InChI=1S/C6H5NO3.Na.2H2O.H/c8-6-3-1-5(2-4-6)7(9)10;;;;/h1-4,8H;;2*1H2;. The van der Waals surface area contributed by atoms with E-state index in [1.165, 1.54) is 24.3 Å². The SMILES string of the molecule is O.O.O=[N+]([O-])c1ccc(O)cc1.[NaH]. The van der Waals surface area contributed by atoms with Crippen LogP contribution in [0.4, 0.5) is 5.69 Å². The Labute approximate surface area is 96.3 Å². The number of nitrogens with zero attached hydrogens (tertiary/aromatic N) is 1. The van der Waals surface area contributed by atoms with Crippen LogP contribution in [0.3, 0.4) is 0 Å². The van der Waals surface area contributed by atoms with Crippen molar-refractivity contribution >= 4 is 35.2 Å². The summed E-state index contributed by atoms with van der Waals surface area (Å²) >= 11 is 0. The summed E-state index contributed by atoms with van der Waals surface area (Å²) in [5, 5.41) is 18.8. The van der Waals surface area contributed by atoms with E-state index in [9.17, 15) is 10.1 Å². The normalized spacial score (nSPS) is 7.08.